The van der Waals surface area contributed by atoms with Gasteiger partial charge in [-0.3, -0.25) is 4.79 Å². The molecule has 114 valence electrons. The summed E-state index contributed by atoms with van der Waals surface area (Å²) in [5.41, 5.74) is 0.859. The third-order valence-electron chi connectivity index (χ3n) is 3.65. The van der Waals surface area contributed by atoms with Crippen LogP contribution in [0, 0.1) is 11.8 Å². The first-order valence-electron chi connectivity index (χ1n) is 7.42. The van der Waals surface area contributed by atoms with Crippen molar-refractivity contribution in [3.63, 3.8) is 0 Å². The molecule has 2 aromatic rings. The van der Waals surface area contributed by atoms with Crippen molar-refractivity contribution in [3.05, 3.63) is 36.1 Å². The van der Waals surface area contributed by atoms with Crippen LogP contribution >= 0.6 is 0 Å². The van der Waals surface area contributed by atoms with Gasteiger partial charge in [0.15, 0.2) is 0 Å². The van der Waals surface area contributed by atoms with E-state index in [1.54, 1.807) is 0 Å². The first-order valence-corrected chi connectivity index (χ1v) is 7.42. The molecule has 0 aliphatic heterocycles. The highest BCUT2D eigenvalue weighted by Crippen LogP contribution is 2.24. The van der Waals surface area contributed by atoms with E-state index in [1.165, 1.54) is 0 Å². The molecular formula is C17H23NO3. The second-order valence-corrected chi connectivity index (χ2v) is 5.98. The largest absolute Gasteiger partial charge is 0.481 e. The molecule has 1 aromatic heterocycles. The van der Waals surface area contributed by atoms with Gasteiger partial charge in [0.25, 0.3) is 0 Å². The second kappa shape index (κ2) is 6.76. The lowest BCUT2D eigenvalue weighted by molar-refractivity contribution is -0.142. The molecule has 0 aliphatic rings. The van der Waals surface area contributed by atoms with Gasteiger partial charge in [-0.1, -0.05) is 32.0 Å². The van der Waals surface area contributed by atoms with Crippen LogP contribution in [0.15, 0.2) is 34.7 Å². The molecule has 1 heterocycles. The normalized spacial score (nSPS) is 14.5. The zero-order chi connectivity index (χ0) is 15.4. The molecule has 2 atom stereocenters. The van der Waals surface area contributed by atoms with E-state index in [4.69, 9.17) is 4.42 Å². The van der Waals surface area contributed by atoms with E-state index in [0.29, 0.717) is 18.9 Å². The minimum Gasteiger partial charge on any atom is -0.481 e. The summed E-state index contributed by atoms with van der Waals surface area (Å²) in [6.07, 6.45) is 0.676. The van der Waals surface area contributed by atoms with Crippen molar-refractivity contribution in [2.45, 2.75) is 33.2 Å². The van der Waals surface area contributed by atoms with Crippen LogP contribution in [0.1, 0.15) is 39.0 Å². The third kappa shape index (κ3) is 4.08. The van der Waals surface area contributed by atoms with Gasteiger partial charge in [-0.05, 0) is 31.4 Å². The molecule has 21 heavy (non-hydrogen) atoms. The van der Waals surface area contributed by atoms with Gasteiger partial charge in [0.1, 0.15) is 11.3 Å². The Bertz CT molecular complexity index is 570. The summed E-state index contributed by atoms with van der Waals surface area (Å²) in [4.78, 5) is 11.3. The summed E-state index contributed by atoms with van der Waals surface area (Å²) in [6, 6.07) is 9.86. The molecular weight excluding hydrogens is 266 g/mol. The summed E-state index contributed by atoms with van der Waals surface area (Å²) < 4.78 is 5.79. The molecule has 0 spiro atoms. The highest BCUT2D eigenvalue weighted by molar-refractivity contribution is 5.77. The van der Waals surface area contributed by atoms with Gasteiger partial charge >= 0.3 is 5.97 Å². The van der Waals surface area contributed by atoms with Gasteiger partial charge in [-0.15, -0.1) is 0 Å². The van der Waals surface area contributed by atoms with E-state index in [0.717, 1.165) is 16.7 Å². The Labute approximate surface area is 125 Å². The van der Waals surface area contributed by atoms with E-state index in [9.17, 15) is 9.90 Å². The standard InChI is InChI=1S/C17H23NO3/c1-11(2)8-14(17(19)20)10-18-12(3)16-9-13-6-4-5-7-15(13)21-16/h4-7,9,11-12,14,18H,8,10H2,1-3H3,(H,19,20). The van der Waals surface area contributed by atoms with E-state index in [1.807, 2.05) is 51.1 Å². The minimum atomic E-state index is -0.743. The number of benzene rings is 1. The molecule has 2 rings (SSSR count). The number of carboxylic acids is 1. The molecule has 0 aliphatic carbocycles. The van der Waals surface area contributed by atoms with Crippen LogP contribution in [-0.4, -0.2) is 17.6 Å². The molecule has 0 saturated carbocycles. The number of hydrogen-bond acceptors (Lipinski definition) is 3. The highest BCUT2D eigenvalue weighted by atomic mass is 16.4. The average Bonchev–Trinajstić information content (AvgIpc) is 2.86. The average molecular weight is 289 g/mol. The Morgan fingerprint density at radius 2 is 2.00 bits per heavy atom. The zero-order valence-corrected chi connectivity index (χ0v) is 12.8. The van der Waals surface area contributed by atoms with Gasteiger partial charge in [0.2, 0.25) is 0 Å². The van der Waals surface area contributed by atoms with Crippen LogP contribution in [0.3, 0.4) is 0 Å². The molecule has 2 unspecified atom stereocenters. The monoisotopic (exact) mass is 289 g/mol. The van der Waals surface area contributed by atoms with Crippen LogP contribution in [0.5, 0.6) is 0 Å². The van der Waals surface area contributed by atoms with Crippen molar-refractivity contribution in [2.24, 2.45) is 11.8 Å². The van der Waals surface area contributed by atoms with Crippen LogP contribution in [0.2, 0.25) is 0 Å². The predicted octanol–water partition coefficient (Wildman–Crippen LogP) is 3.83. The molecule has 0 fully saturated rings. The van der Waals surface area contributed by atoms with Gasteiger partial charge < -0.3 is 14.8 Å². The van der Waals surface area contributed by atoms with Crippen molar-refractivity contribution >= 4 is 16.9 Å². The van der Waals surface area contributed by atoms with Crippen molar-refractivity contribution < 1.29 is 14.3 Å². The van der Waals surface area contributed by atoms with Gasteiger partial charge in [0, 0.05) is 11.9 Å². The van der Waals surface area contributed by atoms with Crippen molar-refractivity contribution in [3.8, 4) is 0 Å². The number of nitrogens with one attached hydrogen (secondary N) is 1. The summed E-state index contributed by atoms with van der Waals surface area (Å²) in [5.74, 6) is 0.101. The van der Waals surface area contributed by atoms with Gasteiger partial charge in [-0.2, -0.15) is 0 Å². The molecule has 0 bridgehead atoms. The van der Waals surface area contributed by atoms with Gasteiger partial charge in [-0.25, -0.2) is 0 Å². The molecule has 4 nitrogen and oxygen atoms in total. The maximum atomic E-state index is 11.3. The third-order valence-corrected chi connectivity index (χ3v) is 3.65. The summed E-state index contributed by atoms with van der Waals surface area (Å²) in [6.45, 7) is 6.52. The zero-order valence-electron chi connectivity index (χ0n) is 12.8. The Morgan fingerprint density at radius 3 is 2.62 bits per heavy atom. The molecule has 0 saturated heterocycles. The fourth-order valence-electron chi connectivity index (χ4n) is 2.48. The van der Waals surface area contributed by atoms with Crippen molar-refractivity contribution in [2.75, 3.05) is 6.54 Å². The number of aliphatic carboxylic acids is 1. The van der Waals surface area contributed by atoms with Crippen LogP contribution in [0.25, 0.3) is 11.0 Å². The topological polar surface area (TPSA) is 62.5 Å². The SMILES string of the molecule is CC(C)CC(CNC(C)c1cc2ccccc2o1)C(=O)O. The molecule has 0 radical (unpaired) electrons. The molecule has 2 N–H and O–H groups in total. The molecule has 4 heteroatoms. The Hall–Kier alpha value is -1.81. The summed E-state index contributed by atoms with van der Waals surface area (Å²) in [5, 5.41) is 13.6. The fourth-order valence-corrected chi connectivity index (χ4v) is 2.48. The van der Waals surface area contributed by atoms with E-state index in [2.05, 4.69) is 5.32 Å². The summed E-state index contributed by atoms with van der Waals surface area (Å²) in [7, 11) is 0. The first-order chi connectivity index (χ1) is 9.97. The second-order valence-electron chi connectivity index (χ2n) is 5.98. The summed E-state index contributed by atoms with van der Waals surface area (Å²) >= 11 is 0. The van der Waals surface area contributed by atoms with Crippen LogP contribution < -0.4 is 5.32 Å². The number of fused-ring (bicyclic) bond motifs is 1. The lowest BCUT2D eigenvalue weighted by Gasteiger charge is -2.18. The number of carbonyl (C=O) groups is 1. The number of para-hydroxylation sites is 1. The first kappa shape index (κ1) is 15.6. The van der Waals surface area contributed by atoms with Crippen molar-refractivity contribution in [1.82, 2.24) is 5.32 Å². The minimum absolute atomic E-state index is 0.00795. The van der Waals surface area contributed by atoms with Gasteiger partial charge in [0.05, 0.1) is 12.0 Å². The smallest absolute Gasteiger partial charge is 0.307 e. The van der Waals surface area contributed by atoms with Crippen molar-refractivity contribution in [1.29, 1.82) is 0 Å². The van der Waals surface area contributed by atoms with Crippen LogP contribution in [0.4, 0.5) is 0 Å². The predicted molar refractivity (Wildman–Crippen MR) is 83.2 cm³/mol. The fraction of sp³-hybridized carbons (Fsp3) is 0.471. The van der Waals surface area contributed by atoms with Crippen LogP contribution in [-0.2, 0) is 4.79 Å². The molecule has 0 amide bonds. The maximum absolute atomic E-state index is 11.3. The number of carboxylic acid groups (broad SMARTS) is 1. The number of furan rings is 1. The Balaban J connectivity index is 1.99. The van der Waals surface area contributed by atoms with E-state index in [-0.39, 0.29) is 12.0 Å². The Morgan fingerprint density at radius 1 is 1.29 bits per heavy atom. The maximum Gasteiger partial charge on any atom is 0.307 e. The molecule has 1 aromatic carbocycles. The van der Waals surface area contributed by atoms with E-state index < -0.39 is 5.97 Å². The Kier molecular flexibility index (Phi) is 5.02. The highest BCUT2D eigenvalue weighted by Gasteiger charge is 2.20. The number of hydrogen-bond donors (Lipinski definition) is 2. The lowest BCUT2D eigenvalue weighted by atomic mass is 9.97. The number of rotatable bonds is 7. The quantitative estimate of drug-likeness (QED) is 0.813. The van der Waals surface area contributed by atoms with E-state index >= 15 is 0 Å². The lowest BCUT2D eigenvalue weighted by Crippen LogP contribution is -2.31.